The highest BCUT2D eigenvalue weighted by Gasteiger charge is 2.38. The van der Waals surface area contributed by atoms with E-state index in [2.05, 4.69) is 38.6 Å². The van der Waals surface area contributed by atoms with Crippen LogP contribution in [0.25, 0.3) is 22.3 Å². The van der Waals surface area contributed by atoms with Gasteiger partial charge in [-0.1, -0.05) is 151 Å². The summed E-state index contributed by atoms with van der Waals surface area (Å²) in [6.45, 7) is 8.45. The first-order valence-electron chi connectivity index (χ1n) is 18.7. The highest BCUT2D eigenvalue weighted by atomic mass is 36.0. The number of halogens is 3. The van der Waals surface area contributed by atoms with Crippen LogP contribution in [0.2, 0.25) is 0 Å². The van der Waals surface area contributed by atoms with E-state index in [1.807, 2.05) is 121 Å². The number of allylic oxidation sites excluding steroid dienone is 1. The minimum atomic E-state index is -4.78. The molecule has 356 valence electrons. The number of amides is 2. The van der Waals surface area contributed by atoms with Crippen molar-refractivity contribution in [3.63, 3.8) is 0 Å². The third-order valence-corrected chi connectivity index (χ3v) is 10.7. The van der Waals surface area contributed by atoms with Crippen LogP contribution in [0, 0.1) is 0 Å². The molecule has 0 saturated heterocycles. The first kappa shape index (κ1) is 57.7. The van der Waals surface area contributed by atoms with Gasteiger partial charge in [0.05, 0.1) is 0 Å². The topological polar surface area (TPSA) is 266 Å². The Kier molecular flexibility index (Phi) is 22.1. The summed E-state index contributed by atoms with van der Waals surface area (Å²) in [5.74, 6) is -2.74. The van der Waals surface area contributed by atoms with Crippen molar-refractivity contribution in [2.24, 2.45) is 0 Å². The first-order chi connectivity index (χ1) is 30.7. The predicted octanol–water partition coefficient (Wildman–Crippen LogP) is 7.40. The molecule has 6 N–H and O–H groups in total. The summed E-state index contributed by atoms with van der Waals surface area (Å²) in [6.07, 6.45) is 5.74. The monoisotopic (exact) mass is 1040 g/mol. The van der Waals surface area contributed by atoms with E-state index < -0.39 is 46.8 Å². The van der Waals surface area contributed by atoms with Crippen LogP contribution in [-0.4, -0.2) is 64.5 Å². The normalized spacial score (nSPS) is 21.2. The number of carbonyl (C=O) groups excluding carboxylic acids is 4. The lowest BCUT2D eigenvalue weighted by molar-refractivity contribution is -0.170. The molecule has 4 aromatic rings. The van der Waals surface area contributed by atoms with Crippen molar-refractivity contribution < 1.29 is 66.9 Å². The molecular weight excluding hydrogens is 993 g/mol. The molecule has 4 aromatic carbocycles. The van der Waals surface area contributed by atoms with Crippen LogP contribution in [0.3, 0.4) is 0 Å². The van der Waals surface area contributed by atoms with Crippen LogP contribution in [0.1, 0.15) is 50.5 Å². The highest BCUT2D eigenvalue weighted by molar-refractivity contribution is 8.26. The van der Waals surface area contributed by atoms with E-state index in [1.54, 1.807) is 19.9 Å². The van der Waals surface area contributed by atoms with E-state index >= 15 is 0 Å². The van der Waals surface area contributed by atoms with Gasteiger partial charge in [-0.2, -0.15) is 0 Å². The molecule has 67 heavy (non-hydrogen) atoms. The summed E-state index contributed by atoms with van der Waals surface area (Å²) >= 11 is 6.05. The van der Waals surface area contributed by atoms with E-state index in [4.69, 9.17) is 35.1 Å². The maximum Gasteiger partial charge on any atom is 0.561 e. The Hall–Kier alpha value is -5.39. The maximum absolute atomic E-state index is 11.1. The molecule has 0 spiro atoms. The SMILES string of the molecule is C.C=C1NC(=O)C=C1c1ccccc1.CC1(Cl)OC(=O)C=C1c1ccccc1.CC1(O)NC(=O)C=C1c1ccccc1.CC1(O)OC(=O)C=C1c1ccccc1.O=S(Cl)Cl.O=[P+]([O-])P(=O)(O)O. The first-order valence-corrected chi connectivity index (χ1v) is 25.4. The van der Waals surface area contributed by atoms with Gasteiger partial charge < -0.3 is 35.2 Å². The number of nitrogens with one attached hydrogen (secondary N) is 2. The zero-order chi connectivity index (χ0) is 49.5. The van der Waals surface area contributed by atoms with Crippen molar-refractivity contribution in [3.8, 4) is 0 Å². The predicted molar refractivity (Wildman–Crippen MR) is 257 cm³/mol. The largest absolute Gasteiger partial charge is 0.588 e. The van der Waals surface area contributed by atoms with Gasteiger partial charge in [0.25, 0.3) is 0 Å². The van der Waals surface area contributed by atoms with E-state index in [0.717, 1.165) is 27.8 Å². The summed E-state index contributed by atoms with van der Waals surface area (Å²) in [5, 5.41) is 23.7. The maximum atomic E-state index is 11.1. The fraction of sp³-hybridized carbons (Fsp3) is 0.156. The van der Waals surface area contributed by atoms with Gasteiger partial charge in [-0.3, -0.25) is 19.4 Å². The molecule has 4 aliphatic heterocycles. The number of carbonyl (C=O) groups is 4. The van der Waals surface area contributed by atoms with Gasteiger partial charge in [-0.25, -0.2) is 18.4 Å². The number of hydrogen-bond donors (Lipinski definition) is 6. The Morgan fingerprint density at radius 1 is 0.657 bits per heavy atom. The molecule has 4 atom stereocenters. The molecule has 2 amide bonds. The zero-order valence-electron chi connectivity index (χ0n) is 34.9. The molecule has 4 unspecified atom stereocenters. The molecule has 0 bridgehead atoms. The summed E-state index contributed by atoms with van der Waals surface area (Å²) in [7, 11) is -1.00. The van der Waals surface area contributed by atoms with E-state index in [0.29, 0.717) is 22.4 Å². The van der Waals surface area contributed by atoms with Gasteiger partial charge in [0, 0.05) is 80.6 Å². The Morgan fingerprint density at radius 2 is 1.01 bits per heavy atom. The third kappa shape index (κ3) is 18.7. The summed E-state index contributed by atoms with van der Waals surface area (Å²) < 4.78 is 37.5. The Bertz CT molecular complexity index is 2430. The van der Waals surface area contributed by atoms with Crippen molar-refractivity contribution >= 4 is 103 Å². The fourth-order valence-corrected chi connectivity index (χ4v) is 6.16. The summed E-state index contributed by atoms with van der Waals surface area (Å²) in [6, 6.07) is 37.8. The molecule has 4 heterocycles. The number of benzene rings is 4. The molecule has 22 heteroatoms. The number of alkyl halides is 1. The minimum absolute atomic E-state index is 0. The smallest absolute Gasteiger partial charge is 0.561 e. The number of cyclic esters (lactones) is 2. The Balaban J connectivity index is 0.000000285. The molecule has 0 aromatic heterocycles. The number of esters is 2. The van der Waals surface area contributed by atoms with Gasteiger partial charge in [0.1, 0.15) is 0 Å². The molecule has 16 nitrogen and oxygen atoms in total. The van der Waals surface area contributed by atoms with Crippen molar-refractivity contribution in [2.45, 2.75) is 44.8 Å². The van der Waals surface area contributed by atoms with Gasteiger partial charge in [0.15, 0.2) is 5.72 Å². The van der Waals surface area contributed by atoms with Crippen molar-refractivity contribution in [2.75, 3.05) is 0 Å². The van der Waals surface area contributed by atoms with Crippen LogP contribution in [-0.2, 0) is 47.0 Å². The van der Waals surface area contributed by atoms with Gasteiger partial charge in [-0.05, 0) is 36.1 Å². The zero-order valence-corrected chi connectivity index (χ0v) is 39.7. The van der Waals surface area contributed by atoms with Crippen molar-refractivity contribution in [1.29, 1.82) is 0 Å². The van der Waals surface area contributed by atoms with E-state index in [-0.39, 0.29) is 25.2 Å². The molecule has 4 aliphatic rings. The second kappa shape index (κ2) is 25.7. The molecule has 0 aliphatic carbocycles. The van der Waals surface area contributed by atoms with E-state index in [1.165, 1.54) is 25.2 Å². The second-order valence-corrected chi connectivity index (χ2v) is 21.2. The van der Waals surface area contributed by atoms with Crippen molar-refractivity contribution in [3.05, 3.63) is 180 Å². The molecule has 0 fully saturated rings. The average molecular weight is 1040 g/mol. The lowest BCUT2D eigenvalue weighted by Crippen LogP contribution is -2.40. The second-order valence-electron chi connectivity index (χ2n) is 13.9. The summed E-state index contributed by atoms with van der Waals surface area (Å²) in [5.41, 5.74) is 5.72. The Labute approximate surface area is 403 Å². The minimum Gasteiger partial charge on any atom is -0.588 e. The molecule has 8 rings (SSSR count). The fourth-order valence-electron chi connectivity index (χ4n) is 5.92. The van der Waals surface area contributed by atoms with Crippen molar-refractivity contribution in [1.82, 2.24) is 10.6 Å². The number of aliphatic hydroxyl groups is 2. The van der Waals surface area contributed by atoms with Crippen LogP contribution < -0.4 is 15.5 Å². The highest BCUT2D eigenvalue weighted by Crippen LogP contribution is 2.56. The third-order valence-electron chi connectivity index (χ3n) is 8.69. The van der Waals surface area contributed by atoms with Crippen LogP contribution >= 0.6 is 48.0 Å². The quantitative estimate of drug-likeness (QED) is 0.0493. The number of rotatable bonds is 5. The number of ether oxygens (including phenoxy) is 2. The Morgan fingerprint density at radius 3 is 1.31 bits per heavy atom. The van der Waals surface area contributed by atoms with E-state index in [9.17, 15) is 43.4 Å². The van der Waals surface area contributed by atoms with Crippen LogP contribution in [0.15, 0.2) is 158 Å². The lowest BCUT2D eigenvalue weighted by Gasteiger charge is -2.21. The standard InChI is InChI=1S/C11H9ClO2.C11H11NO2.C11H9NO.C11H10O3.CH4.Cl2OS.H2O5P2/c1-11(12)9(7-10(13)14-11)8-5-3-2-4-6-8;1-11(14)9(7-10(13)12-11)8-5-3-2-4-6-8;1-8-10(7-11(13)12-8)9-5-3-2-4-6-9;1-11(13)9(7-10(12)14-11)8-5-3-2-4-6-8;;1-4(2)3;1-6(2)7(3,4)5/h2-7H,1H3;2-7,14H,1H3,(H,12,13);2-7H,1H2,(H,12,13);2-7,13H,1H3;1H4;;(H2,3,4,5). The van der Waals surface area contributed by atoms with Crippen LogP contribution in [0.4, 0.5) is 0 Å². The molecule has 0 radical (unpaired) electrons. The van der Waals surface area contributed by atoms with Gasteiger partial charge in [0.2, 0.25) is 31.9 Å². The van der Waals surface area contributed by atoms with Gasteiger partial charge in [-0.15, -0.1) is 0 Å². The van der Waals surface area contributed by atoms with Gasteiger partial charge >= 0.3 is 26.9 Å². The lowest BCUT2D eigenvalue weighted by atomic mass is 9.99. The number of hydrogen-bond acceptors (Lipinski definition) is 12. The van der Waals surface area contributed by atoms with Crippen LogP contribution in [0.5, 0.6) is 0 Å². The molecular formula is C45H45Cl3N2O14P2S. The molecule has 0 saturated carbocycles. The summed E-state index contributed by atoms with van der Waals surface area (Å²) in [4.78, 5) is 68.6. The average Bonchev–Trinajstić information content (AvgIpc) is 3.92.